The number of nitrogens with zero attached hydrogens (tertiary/aromatic N) is 1. The summed E-state index contributed by atoms with van der Waals surface area (Å²) in [6, 6.07) is 9.46. The van der Waals surface area contributed by atoms with Gasteiger partial charge in [0.05, 0.1) is 15.5 Å². The van der Waals surface area contributed by atoms with Crippen molar-refractivity contribution in [1.82, 2.24) is 5.32 Å². The molecule has 2 N–H and O–H groups in total. The van der Waals surface area contributed by atoms with Gasteiger partial charge in [-0.05, 0) is 24.3 Å². The maximum absolute atomic E-state index is 12.0. The average molecular weight is 392 g/mol. The van der Waals surface area contributed by atoms with Crippen LogP contribution in [-0.2, 0) is 9.53 Å². The van der Waals surface area contributed by atoms with Crippen LogP contribution in [0.5, 0.6) is 0 Å². The number of ether oxygens (including phenoxy) is 1. The molecule has 10 heteroatoms. The molecular weight excluding hydrogens is 378 g/mol. The molecule has 0 radical (unpaired) electrons. The highest BCUT2D eigenvalue weighted by molar-refractivity contribution is 6.33. The minimum Gasteiger partial charge on any atom is -0.452 e. The summed E-state index contributed by atoms with van der Waals surface area (Å²) in [5.74, 6) is -1.84. The lowest BCUT2D eigenvalue weighted by atomic mass is 10.2. The number of amides is 2. The van der Waals surface area contributed by atoms with Crippen molar-refractivity contribution in [1.29, 1.82) is 0 Å². The van der Waals surface area contributed by atoms with Gasteiger partial charge in [0.2, 0.25) is 0 Å². The van der Waals surface area contributed by atoms with Crippen LogP contribution in [0, 0.1) is 10.1 Å². The van der Waals surface area contributed by atoms with Crippen molar-refractivity contribution in [3.63, 3.8) is 0 Å². The first kappa shape index (κ1) is 19.9. The van der Waals surface area contributed by atoms with E-state index in [2.05, 4.69) is 10.6 Å². The number of benzene rings is 2. The fourth-order valence-corrected chi connectivity index (χ4v) is 2.32. The number of rotatable bonds is 6. The molecule has 27 heavy (non-hydrogen) atoms. The van der Waals surface area contributed by atoms with E-state index in [9.17, 15) is 24.5 Å². The number of carbonyl (C=O) groups is 3. The third-order valence-corrected chi connectivity index (χ3v) is 3.67. The molecule has 0 aromatic heterocycles. The number of esters is 1. The Morgan fingerprint density at radius 3 is 2.56 bits per heavy atom. The van der Waals surface area contributed by atoms with Crippen LogP contribution < -0.4 is 10.6 Å². The summed E-state index contributed by atoms with van der Waals surface area (Å²) in [7, 11) is 1.48. The molecule has 2 amide bonds. The maximum atomic E-state index is 12.0. The molecule has 2 aromatic carbocycles. The Balaban J connectivity index is 1.96. The van der Waals surface area contributed by atoms with Crippen LogP contribution in [-0.4, -0.2) is 36.4 Å². The zero-order chi connectivity index (χ0) is 20.0. The highest BCUT2D eigenvalue weighted by Crippen LogP contribution is 2.23. The van der Waals surface area contributed by atoms with Crippen molar-refractivity contribution >= 4 is 40.8 Å². The van der Waals surface area contributed by atoms with Crippen LogP contribution >= 0.6 is 11.6 Å². The standard InChI is InChI=1S/C17H14ClN3O6/c1-19-16(23)10-3-2-4-11(7-10)20-15(22)9-27-17(24)13-6-5-12(21(25)26)8-14(13)18/h2-8H,9H2,1H3,(H,19,23)(H,20,22). The van der Waals surface area contributed by atoms with Gasteiger partial charge in [-0.25, -0.2) is 4.79 Å². The highest BCUT2D eigenvalue weighted by atomic mass is 35.5. The Hall–Kier alpha value is -3.46. The predicted molar refractivity (Wildman–Crippen MR) is 96.9 cm³/mol. The van der Waals surface area contributed by atoms with Crippen LogP contribution in [0.1, 0.15) is 20.7 Å². The number of nitro groups is 1. The van der Waals surface area contributed by atoms with Crippen LogP contribution in [0.2, 0.25) is 5.02 Å². The molecule has 0 heterocycles. The number of non-ortho nitro benzene ring substituents is 1. The number of hydrogen-bond acceptors (Lipinski definition) is 6. The summed E-state index contributed by atoms with van der Waals surface area (Å²) >= 11 is 5.83. The molecule has 0 unspecified atom stereocenters. The lowest BCUT2D eigenvalue weighted by Crippen LogP contribution is -2.22. The molecule has 0 aliphatic carbocycles. The summed E-state index contributed by atoms with van der Waals surface area (Å²) in [5, 5.41) is 15.5. The second-order valence-electron chi connectivity index (χ2n) is 5.21. The molecule has 2 rings (SSSR count). The van der Waals surface area contributed by atoms with Gasteiger partial charge in [0, 0.05) is 30.4 Å². The summed E-state index contributed by atoms with van der Waals surface area (Å²) in [4.78, 5) is 45.5. The molecule has 0 aliphatic rings. The number of hydrogen-bond donors (Lipinski definition) is 2. The molecular formula is C17H14ClN3O6. The van der Waals surface area contributed by atoms with Gasteiger partial charge in [0.1, 0.15) is 0 Å². The number of carbonyl (C=O) groups excluding carboxylic acids is 3. The van der Waals surface area contributed by atoms with Crippen molar-refractivity contribution in [2.75, 3.05) is 19.0 Å². The molecule has 0 aliphatic heterocycles. The van der Waals surface area contributed by atoms with Gasteiger partial charge >= 0.3 is 5.97 Å². The van der Waals surface area contributed by atoms with Crippen molar-refractivity contribution in [2.45, 2.75) is 0 Å². The van der Waals surface area contributed by atoms with E-state index in [1.807, 2.05) is 0 Å². The molecule has 0 bridgehead atoms. The smallest absolute Gasteiger partial charge is 0.340 e. The molecule has 0 saturated carbocycles. The van der Waals surface area contributed by atoms with Gasteiger partial charge in [-0.3, -0.25) is 19.7 Å². The van der Waals surface area contributed by atoms with E-state index >= 15 is 0 Å². The van der Waals surface area contributed by atoms with E-state index in [0.29, 0.717) is 11.3 Å². The summed E-state index contributed by atoms with van der Waals surface area (Å²) < 4.78 is 4.86. The summed E-state index contributed by atoms with van der Waals surface area (Å²) in [5.41, 5.74) is 0.331. The number of halogens is 1. The van der Waals surface area contributed by atoms with E-state index in [1.54, 1.807) is 18.2 Å². The molecule has 0 saturated heterocycles. The average Bonchev–Trinajstić information content (AvgIpc) is 2.65. The van der Waals surface area contributed by atoms with Gasteiger partial charge in [-0.15, -0.1) is 0 Å². The van der Waals surface area contributed by atoms with Crippen molar-refractivity contribution < 1.29 is 24.0 Å². The first-order valence-electron chi connectivity index (χ1n) is 7.55. The Morgan fingerprint density at radius 2 is 1.93 bits per heavy atom. The first-order chi connectivity index (χ1) is 12.8. The fourth-order valence-electron chi connectivity index (χ4n) is 2.07. The molecule has 140 valence electrons. The topological polar surface area (TPSA) is 128 Å². The zero-order valence-electron chi connectivity index (χ0n) is 14.0. The van der Waals surface area contributed by atoms with E-state index < -0.39 is 23.4 Å². The van der Waals surface area contributed by atoms with E-state index in [-0.39, 0.29) is 22.2 Å². The van der Waals surface area contributed by atoms with Crippen molar-refractivity contribution in [3.05, 3.63) is 68.7 Å². The van der Waals surface area contributed by atoms with Gasteiger partial charge in [-0.1, -0.05) is 17.7 Å². The maximum Gasteiger partial charge on any atom is 0.340 e. The molecule has 9 nitrogen and oxygen atoms in total. The van der Waals surface area contributed by atoms with Crippen LogP contribution in [0.3, 0.4) is 0 Å². The monoisotopic (exact) mass is 391 g/mol. The van der Waals surface area contributed by atoms with Crippen molar-refractivity contribution in [2.24, 2.45) is 0 Å². The molecule has 2 aromatic rings. The summed E-state index contributed by atoms with van der Waals surface area (Å²) in [6.45, 7) is -0.601. The third-order valence-electron chi connectivity index (χ3n) is 3.35. The second-order valence-corrected chi connectivity index (χ2v) is 5.61. The van der Waals surface area contributed by atoms with E-state index in [0.717, 1.165) is 18.2 Å². The second kappa shape index (κ2) is 8.77. The van der Waals surface area contributed by atoms with Gasteiger partial charge in [0.25, 0.3) is 17.5 Å². The fraction of sp³-hybridized carbons (Fsp3) is 0.118. The molecule has 0 atom stereocenters. The SMILES string of the molecule is CNC(=O)c1cccc(NC(=O)COC(=O)c2ccc([N+](=O)[O-])cc2Cl)c1. The minimum absolute atomic E-state index is 0.100. The third kappa shape index (κ3) is 5.25. The Labute approximate surface area is 158 Å². The number of anilines is 1. The quantitative estimate of drug-likeness (QED) is 0.442. The van der Waals surface area contributed by atoms with Crippen LogP contribution in [0.4, 0.5) is 11.4 Å². The van der Waals surface area contributed by atoms with Gasteiger partial charge < -0.3 is 15.4 Å². The van der Waals surface area contributed by atoms with Gasteiger partial charge in [-0.2, -0.15) is 0 Å². The largest absolute Gasteiger partial charge is 0.452 e. The highest BCUT2D eigenvalue weighted by Gasteiger charge is 2.17. The predicted octanol–water partition coefficient (Wildman–Crippen LogP) is 2.40. The zero-order valence-corrected chi connectivity index (χ0v) is 14.8. The number of nitrogens with one attached hydrogen (secondary N) is 2. The lowest BCUT2D eigenvalue weighted by molar-refractivity contribution is -0.384. The van der Waals surface area contributed by atoms with Crippen LogP contribution in [0.15, 0.2) is 42.5 Å². The Morgan fingerprint density at radius 1 is 1.19 bits per heavy atom. The number of nitro benzene ring substituents is 1. The van der Waals surface area contributed by atoms with E-state index in [4.69, 9.17) is 16.3 Å². The van der Waals surface area contributed by atoms with Crippen molar-refractivity contribution in [3.8, 4) is 0 Å². The summed E-state index contributed by atoms with van der Waals surface area (Å²) in [6.07, 6.45) is 0. The lowest BCUT2D eigenvalue weighted by Gasteiger charge is -2.08. The minimum atomic E-state index is -0.899. The van der Waals surface area contributed by atoms with Crippen LogP contribution in [0.25, 0.3) is 0 Å². The Bertz CT molecular complexity index is 915. The first-order valence-corrected chi connectivity index (χ1v) is 7.92. The molecule has 0 fully saturated rings. The van der Waals surface area contributed by atoms with Gasteiger partial charge in [0.15, 0.2) is 6.61 Å². The molecule has 0 spiro atoms. The van der Waals surface area contributed by atoms with E-state index in [1.165, 1.54) is 13.1 Å². The normalized spacial score (nSPS) is 10.0. The Kier molecular flexibility index (Phi) is 6.45.